The highest BCUT2D eigenvalue weighted by atomic mass is 19.3. The Bertz CT molecular complexity index is 1110. The lowest BCUT2D eigenvalue weighted by Gasteiger charge is -2.10. The summed E-state index contributed by atoms with van der Waals surface area (Å²) in [5, 5.41) is 13.1. The van der Waals surface area contributed by atoms with E-state index in [1.807, 2.05) is 6.07 Å². The van der Waals surface area contributed by atoms with Gasteiger partial charge >= 0.3 is 6.61 Å². The molecule has 0 radical (unpaired) electrons. The normalized spacial score (nSPS) is 11.4. The molecule has 29 heavy (non-hydrogen) atoms. The topological polar surface area (TPSA) is 81.2 Å². The monoisotopic (exact) mass is 405 g/mol. The standard InChI is InChI=1S/C19H11F4N3O3/c1-27-16-8-11(3-5-15(16)28-19(22)23)17-25-18(29-26-17)12(9-24)6-10-2-4-13(20)14(21)7-10/h2-8,19H,1H3/b12-6+. The maximum absolute atomic E-state index is 13.3. The second-order valence-electron chi connectivity index (χ2n) is 5.51. The Labute approximate surface area is 161 Å². The van der Waals surface area contributed by atoms with Crippen LogP contribution in [0, 0.1) is 23.0 Å². The molecule has 0 atom stereocenters. The van der Waals surface area contributed by atoms with E-state index in [1.54, 1.807) is 0 Å². The van der Waals surface area contributed by atoms with Crippen molar-refractivity contribution in [3.63, 3.8) is 0 Å². The molecule has 1 aromatic heterocycles. The van der Waals surface area contributed by atoms with Gasteiger partial charge in [-0.15, -0.1) is 0 Å². The van der Waals surface area contributed by atoms with Gasteiger partial charge in [0.15, 0.2) is 23.1 Å². The van der Waals surface area contributed by atoms with E-state index < -0.39 is 18.2 Å². The summed E-state index contributed by atoms with van der Waals surface area (Å²) >= 11 is 0. The third-order valence-electron chi connectivity index (χ3n) is 3.67. The molecule has 0 amide bonds. The van der Waals surface area contributed by atoms with E-state index in [4.69, 9.17) is 9.26 Å². The van der Waals surface area contributed by atoms with Crippen LogP contribution in [0.4, 0.5) is 17.6 Å². The van der Waals surface area contributed by atoms with Crippen molar-refractivity contribution in [1.29, 1.82) is 5.26 Å². The summed E-state index contributed by atoms with van der Waals surface area (Å²) in [5.74, 6) is -2.36. The van der Waals surface area contributed by atoms with Gasteiger partial charge in [-0.05, 0) is 42.0 Å². The van der Waals surface area contributed by atoms with Crippen LogP contribution in [0.1, 0.15) is 11.5 Å². The Morgan fingerprint density at radius 1 is 1.14 bits per heavy atom. The SMILES string of the molecule is COc1cc(-c2noc(/C(C#N)=C/c3ccc(F)c(F)c3)n2)ccc1OC(F)F. The first-order valence-corrected chi connectivity index (χ1v) is 7.95. The van der Waals surface area contributed by atoms with Crippen LogP contribution in [0.25, 0.3) is 23.0 Å². The number of allylic oxidation sites excluding steroid dienone is 1. The lowest BCUT2D eigenvalue weighted by Crippen LogP contribution is -2.03. The maximum Gasteiger partial charge on any atom is 0.387 e. The molecule has 0 aliphatic carbocycles. The van der Waals surface area contributed by atoms with E-state index >= 15 is 0 Å². The highest BCUT2D eigenvalue weighted by Crippen LogP contribution is 2.33. The average molecular weight is 405 g/mol. The van der Waals surface area contributed by atoms with Crippen molar-refractivity contribution >= 4 is 11.6 Å². The van der Waals surface area contributed by atoms with Crippen LogP contribution in [0.2, 0.25) is 0 Å². The molecule has 0 aliphatic heterocycles. The molecule has 0 N–H and O–H groups in total. The molecule has 0 saturated carbocycles. The van der Waals surface area contributed by atoms with Gasteiger partial charge in [0.1, 0.15) is 11.6 Å². The molecule has 0 fully saturated rings. The number of benzene rings is 2. The molecule has 2 aromatic carbocycles. The van der Waals surface area contributed by atoms with Crippen LogP contribution >= 0.6 is 0 Å². The molecule has 3 aromatic rings. The van der Waals surface area contributed by atoms with E-state index in [2.05, 4.69) is 14.9 Å². The van der Waals surface area contributed by atoms with E-state index in [0.29, 0.717) is 5.56 Å². The lowest BCUT2D eigenvalue weighted by molar-refractivity contribution is -0.0512. The summed E-state index contributed by atoms with van der Waals surface area (Å²) in [6.45, 7) is -3.02. The number of hydrogen-bond donors (Lipinski definition) is 0. The number of aromatic nitrogens is 2. The summed E-state index contributed by atoms with van der Waals surface area (Å²) in [7, 11) is 1.28. The Balaban J connectivity index is 1.92. The quantitative estimate of drug-likeness (QED) is 0.437. The lowest BCUT2D eigenvalue weighted by atomic mass is 10.1. The van der Waals surface area contributed by atoms with Crippen LogP contribution in [0.15, 0.2) is 40.9 Å². The van der Waals surface area contributed by atoms with Gasteiger partial charge in [0, 0.05) is 5.56 Å². The van der Waals surface area contributed by atoms with Crippen LogP contribution in [0.3, 0.4) is 0 Å². The number of hydrogen-bond acceptors (Lipinski definition) is 6. The predicted octanol–water partition coefficient (Wildman–Crippen LogP) is 4.69. The Morgan fingerprint density at radius 2 is 1.93 bits per heavy atom. The molecule has 6 nitrogen and oxygen atoms in total. The number of rotatable bonds is 6. The Kier molecular flexibility index (Phi) is 5.78. The van der Waals surface area contributed by atoms with Gasteiger partial charge < -0.3 is 14.0 Å². The first kappa shape index (κ1) is 19.9. The van der Waals surface area contributed by atoms with Crippen molar-refractivity contribution in [2.24, 2.45) is 0 Å². The fraction of sp³-hybridized carbons (Fsp3) is 0.105. The number of nitrogens with zero attached hydrogens (tertiary/aromatic N) is 3. The average Bonchev–Trinajstić information content (AvgIpc) is 3.18. The number of ether oxygens (including phenoxy) is 2. The fourth-order valence-corrected chi connectivity index (χ4v) is 2.36. The van der Waals surface area contributed by atoms with Crippen LogP contribution in [0.5, 0.6) is 11.5 Å². The third-order valence-corrected chi connectivity index (χ3v) is 3.67. The zero-order chi connectivity index (χ0) is 21.0. The second kappa shape index (κ2) is 8.43. The van der Waals surface area contributed by atoms with Gasteiger partial charge in [-0.2, -0.15) is 19.0 Å². The summed E-state index contributed by atoms with van der Waals surface area (Å²) in [6.07, 6.45) is 1.25. The van der Waals surface area contributed by atoms with Gasteiger partial charge in [0.05, 0.1) is 7.11 Å². The van der Waals surface area contributed by atoms with Gasteiger partial charge in [0.2, 0.25) is 5.82 Å². The van der Waals surface area contributed by atoms with Gasteiger partial charge in [0.25, 0.3) is 5.89 Å². The molecule has 1 heterocycles. The third kappa shape index (κ3) is 4.52. The minimum atomic E-state index is -3.02. The molecule has 0 aliphatic rings. The molecule has 3 rings (SSSR count). The summed E-state index contributed by atoms with van der Waals surface area (Å²) in [6, 6.07) is 8.96. The van der Waals surface area contributed by atoms with E-state index in [0.717, 1.165) is 12.1 Å². The molecule has 10 heteroatoms. The van der Waals surface area contributed by atoms with Gasteiger partial charge in [-0.25, -0.2) is 8.78 Å². The van der Waals surface area contributed by atoms with Crippen molar-refractivity contribution < 1.29 is 31.6 Å². The van der Waals surface area contributed by atoms with E-state index in [9.17, 15) is 22.8 Å². The summed E-state index contributed by atoms with van der Waals surface area (Å²) in [5.41, 5.74) is 0.485. The molecule has 0 bridgehead atoms. The van der Waals surface area contributed by atoms with Gasteiger partial charge in [-0.3, -0.25) is 0 Å². The molecule has 0 saturated heterocycles. The first-order valence-electron chi connectivity index (χ1n) is 7.95. The van der Waals surface area contributed by atoms with Crippen molar-refractivity contribution in [2.45, 2.75) is 6.61 Å². The molecular formula is C19H11F4N3O3. The molecule has 0 spiro atoms. The first-order chi connectivity index (χ1) is 13.9. The summed E-state index contributed by atoms with van der Waals surface area (Å²) in [4.78, 5) is 4.07. The fourth-order valence-electron chi connectivity index (χ4n) is 2.36. The van der Waals surface area contributed by atoms with Crippen molar-refractivity contribution in [3.8, 4) is 29.0 Å². The zero-order valence-electron chi connectivity index (χ0n) is 14.7. The largest absolute Gasteiger partial charge is 0.493 e. The van der Waals surface area contributed by atoms with Crippen LogP contribution in [-0.4, -0.2) is 23.9 Å². The van der Waals surface area contributed by atoms with E-state index in [1.165, 1.54) is 37.5 Å². The minimum Gasteiger partial charge on any atom is -0.493 e. The molecule has 148 valence electrons. The number of nitriles is 1. The maximum atomic E-state index is 13.3. The Hall–Kier alpha value is -3.87. The van der Waals surface area contributed by atoms with Crippen molar-refractivity contribution in [2.75, 3.05) is 7.11 Å². The number of alkyl halides is 2. The highest BCUT2D eigenvalue weighted by molar-refractivity contribution is 5.86. The Morgan fingerprint density at radius 3 is 2.59 bits per heavy atom. The van der Waals surface area contributed by atoms with Crippen molar-refractivity contribution in [3.05, 3.63) is 59.5 Å². The molecule has 0 unspecified atom stereocenters. The second-order valence-corrected chi connectivity index (χ2v) is 5.51. The van der Waals surface area contributed by atoms with Crippen LogP contribution in [-0.2, 0) is 0 Å². The van der Waals surface area contributed by atoms with Gasteiger partial charge in [-0.1, -0.05) is 11.2 Å². The molecular weight excluding hydrogens is 394 g/mol. The van der Waals surface area contributed by atoms with Crippen molar-refractivity contribution in [1.82, 2.24) is 10.1 Å². The summed E-state index contributed by atoms with van der Waals surface area (Å²) < 4.78 is 65.6. The van der Waals surface area contributed by atoms with E-state index in [-0.39, 0.29) is 34.4 Å². The smallest absolute Gasteiger partial charge is 0.387 e. The number of halogens is 4. The number of methoxy groups -OCH3 is 1. The zero-order valence-corrected chi connectivity index (χ0v) is 14.7. The predicted molar refractivity (Wildman–Crippen MR) is 92.8 cm³/mol. The minimum absolute atomic E-state index is 0.0204. The van der Waals surface area contributed by atoms with Crippen LogP contribution < -0.4 is 9.47 Å². The highest BCUT2D eigenvalue weighted by Gasteiger charge is 2.17.